The SMILES string of the molecule is CC(C)CC(=O)C12CC1C(=O)N(c1ccccc1)C2=O. The molecule has 0 spiro atoms. The minimum atomic E-state index is -1.04. The fourth-order valence-corrected chi connectivity index (χ4v) is 3.05. The highest BCUT2D eigenvalue weighted by molar-refractivity contribution is 6.33. The molecule has 3 rings (SSSR count). The lowest BCUT2D eigenvalue weighted by Gasteiger charge is -2.19. The Morgan fingerprint density at radius 2 is 1.95 bits per heavy atom. The molecule has 2 unspecified atom stereocenters. The third-order valence-corrected chi connectivity index (χ3v) is 4.17. The maximum Gasteiger partial charge on any atom is 0.248 e. The van der Waals surface area contributed by atoms with Crippen LogP contribution in [0.4, 0.5) is 5.69 Å². The number of imide groups is 1. The third-order valence-electron chi connectivity index (χ3n) is 4.17. The second-order valence-corrected chi connectivity index (χ2v) is 6.06. The number of benzene rings is 1. The summed E-state index contributed by atoms with van der Waals surface area (Å²) < 4.78 is 0. The van der Waals surface area contributed by atoms with Crippen molar-refractivity contribution in [2.75, 3.05) is 4.90 Å². The summed E-state index contributed by atoms with van der Waals surface area (Å²) in [5, 5.41) is 0. The Hall–Kier alpha value is -1.97. The van der Waals surface area contributed by atoms with Gasteiger partial charge >= 0.3 is 0 Å². The first-order chi connectivity index (χ1) is 9.48. The van der Waals surface area contributed by atoms with Gasteiger partial charge in [-0.15, -0.1) is 0 Å². The molecule has 1 aliphatic heterocycles. The number of fused-ring (bicyclic) bond motifs is 1. The Morgan fingerprint density at radius 3 is 2.55 bits per heavy atom. The Kier molecular flexibility index (Phi) is 2.78. The van der Waals surface area contributed by atoms with E-state index in [0.29, 0.717) is 18.5 Å². The van der Waals surface area contributed by atoms with E-state index in [-0.39, 0.29) is 23.5 Å². The topological polar surface area (TPSA) is 54.5 Å². The molecule has 1 heterocycles. The van der Waals surface area contributed by atoms with Gasteiger partial charge in [-0.1, -0.05) is 32.0 Å². The normalized spacial score (nSPS) is 27.9. The highest BCUT2D eigenvalue weighted by Crippen LogP contribution is 2.61. The first-order valence-corrected chi connectivity index (χ1v) is 6.95. The summed E-state index contributed by atoms with van der Waals surface area (Å²) in [6.07, 6.45) is 0.762. The predicted molar refractivity (Wildman–Crippen MR) is 73.9 cm³/mol. The van der Waals surface area contributed by atoms with Crippen molar-refractivity contribution >= 4 is 23.3 Å². The van der Waals surface area contributed by atoms with Crippen molar-refractivity contribution in [3.05, 3.63) is 30.3 Å². The van der Waals surface area contributed by atoms with Crippen LogP contribution in [0.15, 0.2) is 30.3 Å². The molecule has 0 bridgehead atoms. The number of carbonyl (C=O) groups excluding carboxylic acids is 3. The standard InChI is InChI=1S/C16H17NO3/c1-10(2)8-13(18)16-9-12(16)14(19)17(15(16)20)11-6-4-3-5-7-11/h3-7,10,12H,8-9H2,1-2H3. The van der Waals surface area contributed by atoms with Gasteiger partial charge in [0, 0.05) is 6.42 Å². The van der Waals surface area contributed by atoms with Crippen LogP contribution >= 0.6 is 0 Å². The van der Waals surface area contributed by atoms with Crippen LogP contribution in [0.1, 0.15) is 26.7 Å². The molecular formula is C16H17NO3. The van der Waals surface area contributed by atoms with Crippen LogP contribution < -0.4 is 4.90 Å². The number of nitrogens with zero attached hydrogens (tertiary/aromatic N) is 1. The van der Waals surface area contributed by atoms with Crippen molar-refractivity contribution < 1.29 is 14.4 Å². The number of para-hydroxylation sites is 1. The zero-order valence-electron chi connectivity index (χ0n) is 11.6. The molecule has 0 aromatic heterocycles. The number of anilines is 1. The molecule has 4 nitrogen and oxygen atoms in total. The molecule has 2 atom stereocenters. The molecular weight excluding hydrogens is 254 g/mol. The summed E-state index contributed by atoms with van der Waals surface area (Å²) in [4.78, 5) is 38.4. The van der Waals surface area contributed by atoms with Crippen molar-refractivity contribution in [2.45, 2.75) is 26.7 Å². The number of ketones is 1. The molecule has 104 valence electrons. The number of piperidine rings is 1. The van der Waals surface area contributed by atoms with Gasteiger partial charge in [0.05, 0.1) is 11.6 Å². The van der Waals surface area contributed by atoms with Gasteiger partial charge < -0.3 is 0 Å². The second-order valence-electron chi connectivity index (χ2n) is 6.06. The molecule has 1 aliphatic carbocycles. The van der Waals surface area contributed by atoms with E-state index in [1.54, 1.807) is 24.3 Å². The number of Topliss-reactive ketones (excluding diaryl/α,β-unsaturated/α-hetero) is 1. The first-order valence-electron chi connectivity index (χ1n) is 6.95. The molecule has 4 heteroatoms. The van der Waals surface area contributed by atoms with E-state index in [1.807, 2.05) is 19.9 Å². The van der Waals surface area contributed by atoms with Gasteiger partial charge in [-0.25, -0.2) is 4.90 Å². The van der Waals surface area contributed by atoms with E-state index in [4.69, 9.17) is 0 Å². The van der Waals surface area contributed by atoms with Crippen LogP contribution in [0.5, 0.6) is 0 Å². The lowest BCUT2D eigenvalue weighted by Crippen LogP contribution is -2.37. The fraction of sp³-hybridized carbons (Fsp3) is 0.438. The van der Waals surface area contributed by atoms with Gasteiger partial charge in [0.25, 0.3) is 0 Å². The second kappa shape index (κ2) is 4.27. The summed E-state index contributed by atoms with van der Waals surface area (Å²) in [7, 11) is 0. The smallest absolute Gasteiger partial charge is 0.248 e. The first kappa shape index (κ1) is 13.0. The van der Waals surface area contributed by atoms with E-state index in [1.165, 1.54) is 4.90 Å². The number of hydrogen-bond acceptors (Lipinski definition) is 3. The zero-order valence-corrected chi connectivity index (χ0v) is 11.6. The van der Waals surface area contributed by atoms with Gasteiger partial charge in [-0.2, -0.15) is 0 Å². The lowest BCUT2D eigenvalue weighted by atomic mass is 9.92. The molecule has 2 fully saturated rings. The van der Waals surface area contributed by atoms with E-state index in [0.717, 1.165) is 0 Å². The highest BCUT2D eigenvalue weighted by atomic mass is 16.2. The van der Waals surface area contributed by atoms with Gasteiger partial charge in [0.15, 0.2) is 0 Å². The van der Waals surface area contributed by atoms with Crippen LogP contribution in [0.2, 0.25) is 0 Å². The fourth-order valence-electron chi connectivity index (χ4n) is 3.05. The average Bonchev–Trinajstić information content (AvgIpc) is 3.11. The molecule has 0 N–H and O–H groups in total. The summed E-state index contributed by atoms with van der Waals surface area (Å²) in [6.45, 7) is 3.89. The van der Waals surface area contributed by atoms with Crippen LogP contribution in [-0.2, 0) is 14.4 Å². The van der Waals surface area contributed by atoms with E-state index >= 15 is 0 Å². The van der Waals surface area contributed by atoms with Gasteiger partial charge in [-0.3, -0.25) is 14.4 Å². The summed E-state index contributed by atoms with van der Waals surface area (Å²) >= 11 is 0. The molecule has 1 saturated carbocycles. The van der Waals surface area contributed by atoms with Crippen LogP contribution in [0.3, 0.4) is 0 Å². The van der Waals surface area contributed by atoms with Crippen molar-refractivity contribution in [2.24, 2.45) is 17.3 Å². The Labute approximate surface area is 117 Å². The van der Waals surface area contributed by atoms with Gasteiger partial charge in [-0.05, 0) is 24.5 Å². The number of carbonyl (C=O) groups is 3. The van der Waals surface area contributed by atoms with Crippen molar-refractivity contribution in [3.8, 4) is 0 Å². The Balaban J connectivity index is 1.91. The number of amides is 2. The number of rotatable bonds is 4. The molecule has 1 saturated heterocycles. The Bertz CT molecular complexity index is 593. The van der Waals surface area contributed by atoms with Crippen LogP contribution in [0, 0.1) is 17.3 Å². The van der Waals surface area contributed by atoms with E-state index in [9.17, 15) is 14.4 Å². The summed E-state index contributed by atoms with van der Waals surface area (Å²) in [5.74, 6) is -0.856. The predicted octanol–water partition coefficient (Wildman–Crippen LogP) is 2.18. The largest absolute Gasteiger partial charge is 0.298 e. The summed E-state index contributed by atoms with van der Waals surface area (Å²) in [5.41, 5.74) is -0.483. The monoisotopic (exact) mass is 271 g/mol. The quantitative estimate of drug-likeness (QED) is 0.623. The molecule has 1 aromatic rings. The average molecular weight is 271 g/mol. The van der Waals surface area contributed by atoms with Crippen molar-refractivity contribution in [1.82, 2.24) is 0 Å². The van der Waals surface area contributed by atoms with Crippen molar-refractivity contribution in [1.29, 1.82) is 0 Å². The lowest BCUT2D eigenvalue weighted by molar-refractivity contribution is -0.133. The van der Waals surface area contributed by atoms with Crippen LogP contribution in [-0.4, -0.2) is 17.6 Å². The van der Waals surface area contributed by atoms with Crippen molar-refractivity contribution in [3.63, 3.8) is 0 Å². The highest BCUT2D eigenvalue weighted by Gasteiger charge is 2.75. The molecule has 0 radical (unpaired) electrons. The van der Waals surface area contributed by atoms with E-state index in [2.05, 4.69) is 0 Å². The minimum absolute atomic E-state index is 0.0747. The maximum absolute atomic E-state index is 12.6. The van der Waals surface area contributed by atoms with Gasteiger partial charge in [0.1, 0.15) is 11.2 Å². The molecule has 2 amide bonds. The molecule has 20 heavy (non-hydrogen) atoms. The Morgan fingerprint density at radius 1 is 1.30 bits per heavy atom. The summed E-state index contributed by atoms with van der Waals surface area (Å²) in [6, 6.07) is 8.84. The third kappa shape index (κ3) is 1.64. The molecule has 2 aliphatic rings. The van der Waals surface area contributed by atoms with Gasteiger partial charge in [0.2, 0.25) is 11.8 Å². The number of hydrogen-bond donors (Lipinski definition) is 0. The zero-order chi connectivity index (χ0) is 14.5. The molecule has 1 aromatic carbocycles. The van der Waals surface area contributed by atoms with Crippen LogP contribution in [0.25, 0.3) is 0 Å². The maximum atomic E-state index is 12.6. The van der Waals surface area contributed by atoms with E-state index < -0.39 is 11.3 Å². The minimum Gasteiger partial charge on any atom is -0.298 e.